The summed E-state index contributed by atoms with van der Waals surface area (Å²) in [7, 11) is 0. The van der Waals surface area contributed by atoms with Crippen LogP contribution in [0.3, 0.4) is 0 Å². The lowest BCUT2D eigenvalue weighted by molar-refractivity contribution is 0.309. The molecule has 2 aromatic rings. The average molecular weight is 340 g/mol. The van der Waals surface area contributed by atoms with Gasteiger partial charge in [0, 0.05) is 20.8 Å². The van der Waals surface area contributed by atoms with E-state index in [9.17, 15) is 0 Å². The van der Waals surface area contributed by atoms with E-state index in [1.165, 1.54) is 10.4 Å². The van der Waals surface area contributed by atoms with Crippen molar-refractivity contribution in [2.24, 2.45) is 0 Å². The van der Waals surface area contributed by atoms with Crippen LogP contribution in [-0.4, -0.2) is 6.54 Å². The van der Waals surface area contributed by atoms with Crippen LogP contribution < -0.4 is 10.1 Å². The fourth-order valence-electron chi connectivity index (χ4n) is 1.86. The first-order chi connectivity index (χ1) is 9.19. The molecular formula is C15H18BrNOS. The topological polar surface area (TPSA) is 21.3 Å². The Balaban J connectivity index is 1.91. The van der Waals surface area contributed by atoms with E-state index in [-0.39, 0.29) is 0 Å². The Morgan fingerprint density at radius 2 is 2.05 bits per heavy atom. The summed E-state index contributed by atoms with van der Waals surface area (Å²) in [6.07, 6.45) is 0. The van der Waals surface area contributed by atoms with Gasteiger partial charge in [-0.2, -0.15) is 0 Å². The highest BCUT2D eigenvalue weighted by molar-refractivity contribution is 9.10. The minimum Gasteiger partial charge on any atom is -0.488 e. The van der Waals surface area contributed by atoms with Gasteiger partial charge in [-0.1, -0.05) is 19.1 Å². The second kappa shape index (κ2) is 7.08. The second-order valence-electron chi connectivity index (χ2n) is 4.37. The van der Waals surface area contributed by atoms with Crippen molar-refractivity contribution in [2.45, 2.75) is 26.5 Å². The van der Waals surface area contributed by atoms with E-state index in [2.05, 4.69) is 58.7 Å². The van der Waals surface area contributed by atoms with Gasteiger partial charge in [0.2, 0.25) is 0 Å². The Morgan fingerprint density at radius 3 is 2.63 bits per heavy atom. The summed E-state index contributed by atoms with van der Waals surface area (Å²) in [6.45, 7) is 5.89. The molecule has 2 nitrogen and oxygen atoms in total. The van der Waals surface area contributed by atoms with Crippen molar-refractivity contribution < 1.29 is 4.74 Å². The van der Waals surface area contributed by atoms with Crippen molar-refractivity contribution in [1.82, 2.24) is 5.32 Å². The van der Waals surface area contributed by atoms with Crippen LogP contribution in [0.15, 0.2) is 40.2 Å². The molecule has 1 unspecified atom stereocenters. The summed E-state index contributed by atoms with van der Waals surface area (Å²) in [4.78, 5) is 1.22. The lowest BCUT2D eigenvalue weighted by Gasteiger charge is -2.13. The highest BCUT2D eigenvalue weighted by Crippen LogP contribution is 2.22. The first-order valence-corrected chi connectivity index (χ1v) is 8.05. The number of benzene rings is 1. The maximum atomic E-state index is 5.77. The van der Waals surface area contributed by atoms with Crippen LogP contribution in [0, 0.1) is 0 Å². The Kier molecular flexibility index (Phi) is 5.43. The summed E-state index contributed by atoms with van der Waals surface area (Å²) in [5.41, 5.74) is 1.29. The van der Waals surface area contributed by atoms with E-state index in [0.717, 1.165) is 16.8 Å². The van der Waals surface area contributed by atoms with E-state index < -0.39 is 0 Å². The van der Waals surface area contributed by atoms with Gasteiger partial charge in [-0.05, 0) is 53.2 Å². The Labute approximate surface area is 126 Å². The van der Waals surface area contributed by atoms with E-state index in [4.69, 9.17) is 4.74 Å². The molecule has 102 valence electrons. The number of halogens is 1. The van der Waals surface area contributed by atoms with Crippen molar-refractivity contribution >= 4 is 27.3 Å². The smallest absolute Gasteiger partial charge is 0.122 e. The van der Waals surface area contributed by atoms with E-state index >= 15 is 0 Å². The average Bonchev–Trinajstić information content (AvgIpc) is 2.83. The summed E-state index contributed by atoms with van der Waals surface area (Å²) in [6, 6.07) is 10.8. The van der Waals surface area contributed by atoms with Gasteiger partial charge in [-0.25, -0.2) is 0 Å². The highest BCUT2D eigenvalue weighted by Gasteiger charge is 2.04. The van der Waals surface area contributed by atoms with Crippen LogP contribution >= 0.6 is 27.3 Å². The molecule has 0 bridgehead atoms. The molecular weight excluding hydrogens is 322 g/mol. The zero-order chi connectivity index (χ0) is 13.7. The number of thiophene rings is 1. The van der Waals surface area contributed by atoms with E-state index in [1.54, 1.807) is 11.3 Å². The van der Waals surface area contributed by atoms with Crippen LogP contribution in [0.5, 0.6) is 5.75 Å². The van der Waals surface area contributed by atoms with Crippen molar-refractivity contribution in [2.75, 3.05) is 6.54 Å². The van der Waals surface area contributed by atoms with Crippen LogP contribution in [0.4, 0.5) is 0 Å². The number of hydrogen-bond donors (Lipinski definition) is 1. The van der Waals surface area contributed by atoms with E-state index in [0.29, 0.717) is 12.6 Å². The van der Waals surface area contributed by atoms with Crippen LogP contribution in [0.1, 0.15) is 30.3 Å². The predicted molar refractivity (Wildman–Crippen MR) is 84.9 cm³/mol. The molecule has 1 heterocycles. The molecule has 2 rings (SSSR count). The molecule has 0 spiro atoms. The molecule has 0 radical (unpaired) electrons. The third kappa shape index (κ3) is 4.34. The predicted octanol–water partition coefficient (Wildman–Crippen LogP) is 4.76. The summed E-state index contributed by atoms with van der Waals surface area (Å²) >= 11 is 5.15. The summed E-state index contributed by atoms with van der Waals surface area (Å²) in [5.74, 6) is 0.914. The Hall–Kier alpha value is -0.840. The molecule has 1 N–H and O–H groups in total. The SMILES string of the molecule is CCNC(C)c1ccc(OCc2cc(Br)cs2)cc1. The minimum atomic E-state index is 0.382. The van der Waals surface area contributed by atoms with Crippen LogP contribution in [0.25, 0.3) is 0 Å². The van der Waals surface area contributed by atoms with E-state index in [1.807, 2.05) is 12.1 Å². The number of hydrogen-bond acceptors (Lipinski definition) is 3. The first-order valence-electron chi connectivity index (χ1n) is 6.38. The summed E-state index contributed by atoms with van der Waals surface area (Å²) in [5, 5.41) is 5.47. The quantitative estimate of drug-likeness (QED) is 0.819. The maximum Gasteiger partial charge on any atom is 0.122 e. The zero-order valence-electron chi connectivity index (χ0n) is 11.2. The molecule has 0 aliphatic heterocycles. The highest BCUT2D eigenvalue weighted by atomic mass is 79.9. The molecule has 0 aliphatic rings. The zero-order valence-corrected chi connectivity index (χ0v) is 13.6. The molecule has 0 aliphatic carbocycles. The van der Waals surface area contributed by atoms with Crippen molar-refractivity contribution in [3.63, 3.8) is 0 Å². The largest absolute Gasteiger partial charge is 0.488 e. The summed E-state index contributed by atoms with van der Waals surface area (Å²) < 4.78 is 6.89. The Bertz CT molecular complexity index is 509. The molecule has 1 aromatic carbocycles. The molecule has 0 saturated carbocycles. The fourth-order valence-corrected chi connectivity index (χ4v) is 3.22. The first kappa shape index (κ1) is 14.6. The molecule has 19 heavy (non-hydrogen) atoms. The van der Waals surface area contributed by atoms with Gasteiger partial charge in [-0.3, -0.25) is 0 Å². The lowest BCUT2D eigenvalue weighted by Crippen LogP contribution is -2.17. The standard InChI is InChI=1S/C15H18BrNOS/c1-3-17-11(2)12-4-6-14(7-5-12)18-9-15-8-13(16)10-19-15/h4-8,10-11,17H,3,9H2,1-2H3. The Morgan fingerprint density at radius 1 is 1.32 bits per heavy atom. The molecule has 0 amide bonds. The third-order valence-electron chi connectivity index (χ3n) is 2.89. The third-order valence-corrected chi connectivity index (χ3v) is 4.56. The van der Waals surface area contributed by atoms with Gasteiger partial charge < -0.3 is 10.1 Å². The second-order valence-corrected chi connectivity index (χ2v) is 6.28. The number of nitrogens with one attached hydrogen (secondary N) is 1. The minimum absolute atomic E-state index is 0.382. The van der Waals surface area contributed by atoms with Crippen molar-refractivity contribution in [1.29, 1.82) is 0 Å². The van der Waals surface area contributed by atoms with Crippen molar-refractivity contribution in [3.8, 4) is 5.75 Å². The number of rotatable bonds is 6. The monoisotopic (exact) mass is 339 g/mol. The van der Waals surface area contributed by atoms with Crippen LogP contribution in [-0.2, 0) is 6.61 Å². The molecule has 0 fully saturated rings. The van der Waals surface area contributed by atoms with Crippen LogP contribution in [0.2, 0.25) is 0 Å². The number of ether oxygens (including phenoxy) is 1. The van der Waals surface area contributed by atoms with Gasteiger partial charge in [0.05, 0.1) is 0 Å². The van der Waals surface area contributed by atoms with Gasteiger partial charge in [0.15, 0.2) is 0 Å². The van der Waals surface area contributed by atoms with Gasteiger partial charge >= 0.3 is 0 Å². The molecule has 0 saturated heterocycles. The normalized spacial score (nSPS) is 12.4. The molecule has 1 atom stereocenters. The van der Waals surface area contributed by atoms with Gasteiger partial charge in [0.25, 0.3) is 0 Å². The van der Waals surface area contributed by atoms with Gasteiger partial charge in [0.1, 0.15) is 12.4 Å². The maximum absolute atomic E-state index is 5.77. The lowest BCUT2D eigenvalue weighted by atomic mass is 10.1. The molecule has 4 heteroatoms. The van der Waals surface area contributed by atoms with Crippen molar-refractivity contribution in [3.05, 3.63) is 50.6 Å². The molecule has 1 aromatic heterocycles. The van der Waals surface area contributed by atoms with Gasteiger partial charge in [-0.15, -0.1) is 11.3 Å². The fraction of sp³-hybridized carbons (Fsp3) is 0.333.